The van der Waals surface area contributed by atoms with Gasteiger partial charge in [-0.25, -0.2) is 0 Å². The molecule has 1 aliphatic carbocycles. The lowest BCUT2D eigenvalue weighted by molar-refractivity contribution is 0.217. The van der Waals surface area contributed by atoms with E-state index in [9.17, 15) is 0 Å². The summed E-state index contributed by atoms with van der Waals surface area (Å²) in [5.74, 6) is 0.881. The zero-order valence-electron chi connectivity index (χ0n) is 11.0. The van der Waals surface area contributed by atoms with E-state index in [4.69, 9.17) is 0 Å². The van der Waals surface area contributed by atoms with Crippen LogP contribution in [0.3, 0.4) is 0 Å². The molecule has 3 atom stereocenters. The van der Waals surface area contributed by atoms with Gasteiger partial charge in [-0.3, -0.25) is 0 Å². The van der Waals surface area contributed by atoms with Crippen molar-refractivity contribution in [1.82, 2.24) is 10.6 Å². The highest BCUT2D eigenvalue weighted by atomic mass is 15.0. The Balaban J connectivity index is 2.50. The van der Waals surface area contributed by atoms with Gasteiger partial charge in [-0.2, -0.15) is 0 Å². The lowest BCUT2D eigenvalue weighted by Crippen LogP contribution is -2.54. The van der Waals surface area contributed by atoms with Crippen LogP contribution in [0.1, 0.15) is 53.9 Å². The van der Waals surface area contributed by atoms with Gasteiger partial charge in [0.25, 0.3) is 0 Å². The lowest BCUT2D eigenvalue weighted by Gasteiger charge is -2.38. The van der Waals surface area contributed by atoms with Crippen LogP contribution in [0.15, 0.2) is 0 Å². The van der Waals surface area contributed by atoms with Crippen molar-refractivity contribution < 1.29 is 0 Å². The maximum absolute atomic E-state index is 3.71. The van der Waals surface area contributed by atoms with Crippen LogP contribution in [-0.2, 0) is 0 Å². The molecule has 1 saturated carbocycles. The van der Waals surface area contributed by atoms with Crippen LogP contribution in [0, 0.1) is 5.92 Å². The van der Waals surface area contributed by atoms with E-state index in [1.807, 2.05) is 0 Å². The third-order valence-corrected chi connectivity index (χ3v) is 3.21. The Bertz CT molecular complexity index is 175. The van der Waals surface area contributed by atoms with Crippen LogP contribution < -0.4 is 10.6 Å². The summed E-state index contributed by atoms with van der Waals surface area (Å²) < 4.78 is 0. The monoisotopic (exact) mass is 212 g/mol. The molecule has 90 valence electrons. The number of hydrogen-bond acceptors (Lipinski definition) is 2. The maximum Gasteiger partial charge on any atom is 0.0226 e. The van der Waals surface area contributed by atoms with E-state index in [-0.39, 0.29) is 0 Å². The first-order valence-corrected chi connectivity index (χ1v) is 6.51. The largest absolute Gasteiger partial charge is 0.310 e. The molecule has 2 N–H and O–H groups in total. The Labute approximate surface area is 95.2 Å². The van der Waals surface area contributed by atoms with Gasteiger partial charge in [-0.1, -0.05) is 34.6 Å². The van der Waals surface area contributed by atoms with Gasteiger partial charge >= 0.3 is 0 Å². The van der Waals surface area contributed by atoms with Crippen LogP contribution in [0.25, 0.3) is 0 Å². The molecule has 1 aliphatic rings. The molecule has 1 rings (SSSR count). The maximum atomic E-state index is 3.71. The molecule has 0 aromatic rings. The fourth-order valence-corrected chi connectivity index (χ4v) is 2.62. The Hall–Kier alpha value is -0.0800. The quantitative estimate of drug-likeness (QED) is 0.748. The highest BCUT2D eigenvalue weighted by Crippen LogP contribution is 2.24. The summed E-state index contributed by atoms with van der Waals surface area (Å²) in [6, 6.07) is 2.52. The van der Waals surface area contributed by atoms with Crippen molar-refractivity contribution in [2.75, 3.05) is 0 Å². The van der Waals surface area contributed by atoms with Crippen LogP contribution >= 0.6 is 0 Å². The summed E-state index contributed by atoms with van der Waals surface area (Å²) in [5.41, 5.74) is 0. The molecular formula is C13H28N2. The van der Waals surface area contributed by atoms with E-state index in [2.05, 4.69) is 45.3 Å². The number of nitrogens with one attached hydrogen (secondary N) is 2. The van der Waals surface area contributed by atoms with Gasteiger partial charge in [0.1, 0.15) is 0 Å². The Morgan fingerprint density at radius 1 is 0.867 bits per heavy atom. The second-order valence-electron chi connectivity index (χ2n) is 5.77. The minimum Gasteiger partial charge on any atom is -0.310 e. The third-order valence-electron chi connectivity index (χ3n) is 3.21. The molecule has 15 heavy (non-hydrogen) atoms. The molecular weight excluding hydrogens is 184 g/mol. The SMILES string of the molecule is CC1CCC(NC(C)C)C(NC(C)C)C1. The van der Waals surface area contributed by atoms with Crippen LogP contribution in [0.4, 0.5) is 0 Å². The zero-order chi connectivity index (χ0) is 11.4. The fourth-order valence-electron chi connectivity index (χ4n) is 2.62. The molecule has 0 saturated heterocycles. The van der Waals surface area contributed by atoms with E-state index >= 15 is 0 Å². The molecule has 0 spiro atoms. The molecule has 3 unspecified atom stereocenters. The van der Waals surface area contributed by atoms with E-state index in [1.54, 1.807) is 0 Å². The molecule has 0 aliphatic heterocycles. The molecule has 0 aromatic carbocycles. The topological polar surface area (TPSA) is 24.1 Å². The van der Waals surface area contributed by atoms with Gasteiger partial charge in [0.2, 0.25) is 0 Å². The first kappa shape index (κ1) is 13.0. The second kappa shape index (κ2) is 5.86. The average molecular weight is 212 g/mol. The van der Waals surface area contributed by atoms with Crippen molar-refractivity contribution in [3.05, 3.63) is 0 Å². The van der Waals surface area contributed by atoms with Crippen molar-refractivity contribution in [3.63, 3.8) is 0 Å². The van der Waals surface area contributed by atoms with Crippen LogP contribution in [-0.4, -0.2) is 24.2 Å². The summed E-state index contributed by atoms with van der Waals surface area (Å²) >= 11 is 0. The first-order chi connectivity index (χ1) is 6.99. The summed E-state index contributed by atoms with van der Waals surface area (Å²) in [6.07, 6.45) is 4.02. The molecule has 0 bridgehead atoms. The predicted molar refractivity (Wildman–Crippen MR) is 67.1 cm³/mol. The summed E-state index contributed by atoms with van der Waals surface area (Å²) in [4.78, 5) is 0. The molecule has 0 aromatic heterocycles. The third kappa shape index (κ3) is 4.52. The predicted octanol–water partition coefficient (Wildman–Crippen LogP) is 2.54. The van der Waals surface area contributed by atoms with Gasteiger partial charge in [-0.15, -0.1) is 0 Å². The second-order valence-corrected chi connectivity index (χ2v) is 5.77. The molecule has 0 radical (unpaired) electrons. The van der Waals surface area contributed by atoms with Crippen molar-refractivity contribution in [2.24, 2.45) is 5.92 Å². The lowest BCUT2D eigenvalue weighted by atomic mass is 9.83. The fraction of sp³-hybridized carbons (Fsp3) is 1.00. The Morgan fingerprint density at radius 3 is 1.93 bits per heavy atom. The minimum atomic E-state index is 0.594. The molecule has 0 amide bonds. The minimum absolute atomic E-state index is 0.594. The highest BCUT2D eigenvalue weighted by Gasteiger charge is 2.28. The highest BCUT2D eigenvalue weighted by molar-refractivity contribution is 4.90. The van der Waals surface area contributed by atoms with Gasteiger partial charge in [-0.05, 0) is 25.2 Å². The zero-order valence-corrected chi connectivity index (χ0v) is 11.0. The summed E-state index contributed by atoms with van der Waals surface area (Å²) in [7, 11) is 0. The average Bonchev–Trinajstić information content (AvgIpc) is 2.08. The number of rotatable bonds is 4. The van der Waals surface area contributed by atoms with E-state index < -0.39 is 0 Å². The first-order valence-electron chi connectivity index (χ1n) is 6.51. The van der Waals surface area contributed by atoms with Crippen molar-refractivity contribution in [1.29, 1.82) is 0 Å². The van der Waals surface area contributed by atoms with Gasteiger partial charge in [0.05, 0.1) is 0 Å². The molecule has 2 nitrogen and oxygen atoms in total. The van der Waals surface area contributed by atoms with Crippen LogP contribution in [0.2, 0.25) is 0 Å². The Kier molecular flexibility index (Phi) is 5.07. The molecule has 1 fully saturated rings. The van der Waals surface area contributed by atoms with Crippen molar-refractivity contribution in [3.8, 4) is 0 Å². The van der Waals surface area contributed by atoms with Crippen molar-refractivity contribution >= 4 is 0 Å². The van der Waals surface area contributed by atoms with E-state index in [0.29, 0.717) is 24.2 Å². The van der Waals surface area contributed by atoms with E-state index in [0.717, 1.165) is 5.92 Å². The normalized spacial score (nSPS) is 32.6. The van der Waals surface area contributed by atoms with Gasteiger partial charge in [0.15, 0.2) is 0 Å². The smallest absolute Gasteiger partial charge is 0.0226 e. The van der Waals surface area contributed by atoms with E-state index in [1.165, 1.54) is 19.3 Å². The Morgan fingerprint density at radius 2 is 1.40 bits per heavy atom. The van der Waals surface area contributed by atoms with Gasteiger partial charge < -0.3 is 10.6 Å². The molecule has 2 heteroatoms. The van der Waals surface area contributed by atoms with Crippen LogP contribution in [0.5, 0.6) is 0 Å². The summed E-state index contributed by atoms with van der Waals surface area (Å²) in [5, 5.41) is 7.40. The van der Waals surface area contributed by atoms with Crippen molar-refractivity contribution in [2.45, 2.75) is 78.0 Å². The summed E-state index contributed by atoms with van der Waals surface area (Å²) in [6.45, 7) is 11.3. The standard InChI is InChI=1S/C13H28N2/c1-9(2)14-12-7-6-11(5)8-13(12)15-10(3)4/h9-15H,6-8H2,1-5H3. The number of hydrogen-bond donors (Lipinski definition) is 2. The molecule has 0 heterocycles. The van der Waals surface area contributed by atoms with Gasteiger partial charge in [0, 0.05) is 24.2 Å².